The van der Waals surface area contributed by atoms with E-state index in [9.17, 15) is 0 Å². The van der Waals surface area contributed by atoms with Crippen LogP contribution in [-0.2, 0) is 0 Å². The van der Waals surface area contributed by atoms with Crippen LogP contribution in [0.2, 0.25) is 12.1 Å². The van der Waals surface area contributed by atoms with Gasteiger partial charge in [-0.3, -0.25) is 0 Å². The summed E-state index contributed by atoms with van der Waals surface area (Å²) in [5, 5.41) is 0. The summed E-state index contributed by atoms with van der Waals surface area (Å²) in [6, 6.07) is 2.11. The Kier molecular flexibility index (Phi) is 6.99. The van der Waals surface area contributed by atoms with E-state index in [0.29, 0.717) is 0 Å². The molecule has 0 radical (unpaired) electrons. The highest BCUT2D eigenvalue weighted by Crippen LogP contribution is 2.22. The van der Waals surface area contributed by atoms with Crippen LogP contribution in [-0.4, -0.2) is 28.6 Å². The van der Waals surface area contributed by atoms with E-state index in [4.69, 9.17) is 46.4 Å². The molecule has 0 aliphatic carbocycles. The van der Waals surface area contributed by atoms with Gasteiger partial charge in [0.05, 0.1) is 3.96 Å². The van der Waals surface area contributed by atoms with Crippen LogP contribution in [0.25, 0.3) is 0 Å². The first-order chi connectivity index (χ1) is 4.92. The largest absolute Gasteiger partial charge is 0.107 e. The van der Waals surface area contributed by atoms with Crippen molar-refractivity contribution in [1.82, 2.24) is 0 Å². The molecule has 0 aromatic heterocycles. The van der Waals surface area contributed by atoms with Crippen LogP contribution in [0.3, 0.4) is 0 Å². The van der Waals surface area contributed by atoms with Crippen LogP contribution in [0.1, 0.15) is 6.42 Å². The molecule has 0 heterocycles. The van der Waals surface area contributed by atoms with E-state index in [0.717, 1.165) is 28.8 Å². The Hall–Kier alpha value is 1.59. The van der Waals surface area contributed by atoms with Crippen LogP contribution in [0.5, 0.6) is 0 Å². The van der Waals surface area contributed by atoms with Gasteiger partial charge < -0.3 is 0 Å². The Morgan fingerprint density at radius 1 is 1.36 bits per heavy atom. The minimum Gasteiger partial charge on any atom is -0.107 e. The van der Waals surface area contributed by atoms with Crippen molar-refractivity contribution in [2.75, 3.05) is 0 Å². The molecule has 0 aromatic carbocycles. The van der Waals surface area contributed by atoms with Crippen LogP contribution < -0.4 is 0 Å². The van der Waals surface area contributed by atoms with Crippen molar-refractivity contribution in [3.8, 4) is 0 Å². The molecule has 0 amide bonds. The highest BCUT2D eigenvalue weighted by molar-refractivity contribution is 6.65. The lowest BCUT2D eigenvalue weighted by Gasteiger charge is -2.11. The van der Waals surface area contributed by atoms with E-state index in [-0.39, 0.29) is 14.4 Å². The first-order valence-electron chi connectivity index (χ1n) is 3.58. The van der Waals surface area contributed by atoms with Gasteiger partial charge in [0, 0.05) is 19.8 Å². The van der Waals surface area contributed by atoms with E-state index >= 15 is 0 Å². The lowest BCUT2D eigenvalue weighted by molar-refractivity contribution is 0.959. The molecule has 0 bridgehead atoms. The topological polar surface area (TPSA) is 0 Å². The number of alkyl halides is 4. The van der Waals surface area contributed by atoms with E-state index in [1.807, 2.05) is 0 Å². The molecule has 0 aliphatic heterocycles. The maximum atomic E-state index is 5.83. The molecule has 11 heavy (non-hydrogen) atoms. The standard InChI is InChI=1S/C5H12Cl4Si2/c6-4(7)3-11-2-1-5(8,9)10/h4H,1-3,11H2,10H3. The van der Waals surface area contributed by atoms with Gasteiger partial charge in [0.15, 0.2) is 0 Å². The molecule has 0 aliphatic rings. The molecule has 0 atom stereocenters. The average molecular weight is 270 g/mol. The zero-order valence-corrected chi connectivity index (χ0v) is 12.9. The van der Waals surface area contributed by atoms with Crippen LogP contribution in [0.4, 0.5) is 0 Å². The Labute approximate surface area is 93.2 Å². The molecule has 0 unspecified atom stereocenters. The molecule has 68 valence electrons. The van der Waals surface area contributed by atoms with Crippen molar-refractivity contribution in [3.05, 3.63) is 0 Å². The lowest BCUT2D eigenvalue weighted by atomic mass is 10.5. The molecule has 0 nitrogen and oxygen atoms in total. The molecule has 0 spiro atoms. The number of hydrogen-bond donors (Lipinski definition) is 0. The molecule has 0 aromatic rings. The monoisotopic (exact) mass is 268 g/mol. The summed E-state index contributed by atoms with van der Waals surface area (Å²) in [7, 11) is 0.702. The summed E-state index contributed by atoms with van der Waals surface area (Å²) >= 11 is 22.8. The molecule has 6 heteroatoms. The molecule has 0 saturated carbocycles. The van der Waals surface area contributed by atoms with E-state index < -0.39 is 3.96 Å². The number of rotatable bonds is 5. The van der Waals surface area contributed by atoms with Gasteiger partial charge in [0.25, 0.3) is 0 Å². The third-order valence-corrected chi connectivity index (χ3v) is 5.17. The van der Waals surface area contributed by atoms with Gasteiger partial charge in [-0.1, -0.05) is 6.04 Å². The fraction of sp³-hybridized carbons (Fsp3) is 1.00. The number of hydrogen-bond acceptors (Lipinski definition) is 0. The van der Waals surface area contributed by atoms with E-state index in [1.165, 1.54) is 0 Å². The molecular weight excluding hydrogens is 258 g/mol. The quantitative estimate of drug-likeness (QED) is 0.405. The maximum Gasteiger partial charge on any atom is 0.105 e. The fourth-order valence-corrected chi connectivity index (χ4v) is 4.99. The smallest absolute Gasteiger partial charge is 0.105 e. The maximum absolute atomic E-state index is 5.83. The van der Waals surface area contributed by atoms with Crippen LogP contribution >= 0.6 is 46.4 Å². The summed E-state index contributed by atoms with van der Waals surface area (Å²) in [6.07, 6.45) is 0.912. The zero-order valence-electron chi connectivity index (χ0n) is 6.42. The van der Waals surface area contributed by atoms with Crippen molar-refractivity contribution in [3.63, 3.8) is 0 Å². The van der Waals surface area contributed by atoms with Crippen LogP contribution in [0, 0.1) is 0 Å². The van der Waals surface area contributed by atoms with Gasteiger partial charge in [-0.2, -0.15) is 0 Å². The minimum atomic E-state index is -0.429. The summed E-state index contributed by atoms with van der Waals surface area (Å²) in [4.78, 5) is -0.184. The van der Waals surface area contributed by atoms with Gasteiger partial charge >= 0.3 is 0 Å². The Bertz CT molecular complexity index is 101. The second-order valence-corrected chi connectivity index (χ2v) is 10.8. The van der Waals surface area contributed by atoms with Gasteiger partial charge in [-0.15, -0.1) is 46.4 Å². The predicted octanol–water partition coefficient (Wildman–Crippen LogP) is 1.68. The van der Waals surface area contributed by atoms with Gasteiger partial charge in [0.2, 0.25) is 0 Å². The second-order valence-electron chi connectivity index (χ2n) is 2.71. The Morgan fingerprint density at radius 3 is 2.27 bits per heavy atom. The third-order valence-electron chi connectivity index (χ3n) is 1.29. The van der Waals surface area contributed by atoms with Crippen molar-refractivity contribution in [2.45, 2.75) is 27.3 Å². The SMILES string of the molecule is [SiH3]C(Cl)(Cl)CC[SiH2]CC(Cl)Cl. The normalized spacial score (nSPS) is 13.9. The average Bonchev–Trinajstić information content (AvgIpc) is 1.78. The van der Waals surface area contributed by atoms with Crippen molar-refractivity contribution in [2.24, 2.45) is 0 Å². The first-order valence-corrected chi connectivity index (χ1v) is 8.21. The fourth-order valence-electron chi connectivity index (χ4n) is 0.734. The van der Waals surface area contributed by atoms with E-state index in [2.05, 4.69) is 0 Å². The lowest BCUT2D eigenvalue weighted by Crippen LogP contribution is -2.13. The first kappa shape index (κ1) is 12.6. The Balaban J connectivity index is 3.15. The third kappa shape index (κ3) is 11.6. The number of halogens is 4. The molecule has 0 fully saturated rings. The zero-order chi connectivity index (χ0) is 8.91. The predicted molar refractivity (Wildman–Crippen MR) is 62.6 cm³/mol. The van der Waals surface area contributed by atoms with Crippen molar-refractivity contribution in [1.29, 1.82) is 0 Å². The molecule has 0 saturated heterocycles. The van der Waals surface area contributed by atoms with Gasteiger partial charge in [-0.25, -0.2) is 0 Å². The van der Waals surface area contributed by atoms with E-state index in [1.54, 1.807) is 0 Å². The highest BCUT2D eigenvalue weighted by atomic mass is 35.5. The summed E-state index contributed by atoms with van der Waals surface area (Å²) < 4.78 is -0.429. The van der Waals surface area contributed by atoms with Crippen LogP contribution in [0.15, 0.2) is 0 Å². The minimum absolute atomic E-state index is 0.127. The van der Waals surface area contributed by atoms with Gasteiger partial charge in [-0.05, 0) is 12.5 Å². The molecule has 0 N–H and O–H groups in total. The summed E-state index contributed by atoms with van der Waals surface area (Å²) in [5.74, 6) is 0. The van der Waals surface area contributed by atoms with Crippen molar-refractivity contribution < 1.29 is 0 Å². The van der Waals surface area contributed by atoms with Gasteiger partial charge in [0.1, 0.15) is 4.84 Å². The second kappa shape index (κ2) is 6.11. The summed E-state index contributed by atoms with van der Waals surface area (Å²) in [6.45, 7) is 0. The Morgan fingerprint density at radius 2 is 1.91 bits per heavy atom. The molecular formula is C5H12Cl4Si2. The molecule has 0 rings (SSSR count). The highest BCUT2D eigenvalue weighted by Gasteiger charge is 2.15. The summed E-state index contributed by atoms with van der Waals surface area (Å²) in [5.41, 5.74) is 0. The van der Waals surface area contributed by atoms with Crippen molar-refractivity contribution >= 4 is 66.2 Å².